The average molecular weight is 340 g/mol. The van der Waals surface area contributed by atoms with E-state index >= 15 is 0 Å². The zero-order valence-corrected chi connectivity index (χ0v) is 14.5. The van der Waals surface area contributed by atoms with E-state index in [0.717, 1.165) is 25.0 Å². The van der Waals surface area contributed by atoms with Crippen LogP contribution in [0.5, 0.6) is 5.75 Å². The van der Waals surface area contributed by atoms with Gasteiger partial charge in [-0.15, -0.1) is 0 Å². The summed E-state index contributed by atoms with van der Waals surface area (Å²) in [6.07, 6.45) is 5.58. The van der Waals surface area contributed by atoms with Crippen molar-refractivity contribution in [2.24, 2.45) is 0 Å². The molecular formula is C20H24N2O3. The molecule has 2 atom stereocenters. The van der Waals surface area contributed by atoms with Crippen LogP contribution in [0.4, 0.5) is 5.69 Å². The Hall–Kier alpha value is -2.40. The molecule has 1 aliphatic rings. The third-order valence-electron chi connectivity index (χ3n) is 4.28. The molecule has 1 aromatic heterocycles. The molecule has 3 rings (SSSR count). The van der Waals surface area contributed by atoms with Crippen LogP contribution in [0.3, 0.4) is 0 Å². The molecule has 25 heavy (non-hydrogen) atoms. The lowest BCUT2D eigenvalue weighted by Crippen LogP contribution is -2.16. The Labute approximate surface area is 148 Å². The maximum absolute atomic E-state index is 12.2. The lowest BCUT2D eigenvalue weighted by atomic mass is 10.1. The van der Waals surface area contributed by atoms with E-state index in [-0.39, 0.29) is 12.0 Å². The molecule has 1 N–H and O–H groups in total. The van der Waals surface area contributed by atoms with Gasteiger partial charge in [0.15, 0.2) is 0 Å². The minimum atomic E-state index is -0.0166. The van der Waals surface area contributed by atoms with E-state index < -0.39 is 0 Å². The molecule has 0 spiro atoms. The molecule has 2 aromatic rings. The third kappa shape index (κ3) is 5.29. The minimum Gasteiger partial charge on any atom is -0.485 e. The molecule has 0 unspecified atom stereocenters. The summed E-state index contributed by atoms with van der Waals surface area (Å²) in [7, 11) is 0. The summed E-state index contributed by atoms with van der Waals surface area (Å²) < 4.78 is 11.6. The number of nitrogens with zero attached hydrogens (tertiary/aromatic N) is 1. The van der Waals surface area contributed by atoms with Gasteiger partial charge in [-0.3, -0.25) is 9.78 Å². The maximum Gasteiger partial charge on any atom is 0.224 e. The topological polar surface area (TPSA) is 60.5 Å². The average Bonchev–Trinajstić information content (AvgIpc) is 3.05. The highest BCUT2D eigenvalue weighted by atomic mass is 16.5. The molecule has 5 heteroatoms. The second-order valence-corrected chi connectivity index (χ2v) is 6.34. The van der Waals surface area contributed by atoms with Crippen LogP contribution in [-0.4, -0.2) is 23.1 Å². The first-order chi connectivity index (χ1) is 12.2. The molecule has 1 aliphatic heterocycles. The molecule has 2 heterocycles. The Kier molecular flexibility index (Phi) is 6.01. The first-order valence-electron chi connectivity index (χ1n) is 8.78. The number of benzene rings is 1. The minimum absolute atomic E-state index is 0.0166. The molecule has 1 amide bonds. The van der Waals surface area contributed by atoms with Crippen LogP contribution in [0.1, 0.15) is 38.3 Å². The monoisotopic (exact) mass is 340 g/mol. The van der Waals surface area contributed by atoms with Crippen molar-refractivity contribution < 1.29 is 14.3 Å². The zero-order chi connectivity index (χ0) is 17.5. The molecular weight excluding hydrogens is 316 g/mol. The van der Waals surface area contributed by atoms with Gasteiger partial charge in [-0.2, -0.15) is 0 Å². The molecule has 1 aromatic carbocycles. The highest BCUT2D eigenvalue weighted by Gasteiger charge is 2.22. The SMILES string of the molecule is C[C@@H]1CC[C@@H](CCC(=O)Nc2ccccc2OCc2ccccn2)O1. The van der Waals surface area contributed by atoms with E-state index in [9.17, 15) is 4.79 Å². The van der Waals surface area contributed by atoms with Crippen LogP contribution in [0.25, 0.3) is 0 Å². The molecule has 0 aliphatic carbocycles. The van der Waals surface area contributed by atoms with Gasteiger partial charge in [-0.25, -0.2) is 0 Å². The lowest BCUT2D eigenvalue weighted by Gasteiger charge is -2.13. The van der Waals surface area contributed by atoms with Gasteiger partial charge in [-0.05, 0) is 50.5 Å². The van der Waals surface area contributed by atoms with E-state index in [4.69, 9.17) is 9.47 Å². The fourth-order valence-electron chi connectivity index (χ4n) is 2.93. The van der Waals surface area contributed by atoms with Gasteiger partial charge in [0.25, 0.3) is 0 Å². The van der Waals surface area contributed by atoms with Crippen molar-refractivity contribution in [3.8, 4) is 5.75 Å². The van der Waals surface area contributed by atoms with Crippen molar-refractivity contribution in [3.05, 3.63) is 54.4 Å². The summed E-state index contributed by atoms with van der Waals surface area (Å²) in [5.74, 6) is 0.629. The summed E-state index contributed by atoms with van der Waals surface area (Å²) in [4.78, 5) is 16.5. The van der Waals surface area contributed by atoms with E-state index in [1.807, 2.05) is 42.5 Å². The van der Waals surface area contributed by atoms with Crippen molar-refractivity contribution >= 4 is 11.6 Å². The summed E-state index contributed by atoms with van der Waals surface area (Å²) in [6.45, 7) is 2.44. The standard InChI is InChI=1S/C20H24N2O3/c1-15-9-10-17(25-15)11-12-20(23)22-18-7-2-3-8-19(18)24-14-16-6-4-5-13-21-16/h2-8,13,15,17H,9-12,14H2,1H3,(H,22,23)/t15-,17+/m1/s1. The number of carbonyl (C=O) groups is 1. The van der Waals surface area contributed by atoms with Crippen molar-refractivity contribution in [2.45, 2.75) is 51.4 Å². The number of para-hydroxylation sites is 2. The summed E-state index contributed by atoms with van der Waals surface area (Å²) in [6, 6.07) is 13.2. The molecule has 132 valence electrons. The van der Waals surface area contributed by atoms with Crippen LogP contribution in [0.15, 0.2) is 48.7 Å². The van der Waals surface area contributed by atoms with E-state index in [0.29, 0.717) is 30.6 Å². The quantitative estimate of drug-likeness (QED) is 0.829. The molecule has 1 saturated heterocycles. The molecule has 0 bridgehead atoms. The van der Waals surface area contributed by atoms with Gasteiger partial charge in [-0.1, -0.05) is 18.2 Å². The van der Waals surface area contributed by atoms with Gasteiger partial charge >= 0.3 is 0 Å². The van der Waals surface area contributed by atoms with Gasteiger partial charge in [0.05, 0.1) is 23.6 Å². The van der Waals surface area contributed by atoms with Crippen LogP contribution in [-0.2, 0) is 16.1 Å². The largest absolute Gasteiger partial charge is 0.485 e. The summed E-state index contributed by atoms with van der Waals surface area (Å²) in [5, 5.41) is 2.94. The van der Waals surface area contributed by atoms with Crippen LogP contribution in [0.2, 0.25) is 0 Å². The Balaban J connectivity index is 1.52. The second-order valence-electron chi connectivity index (χ2n) is 6.34. The molecule has 0 radical (unpaired) electrons. The van der Waals surface area contributed by atoms with Gasteiger partial charge in [0.2, 0.25) is 5.91 Å². The normalized spacial score (nSPS) is 19.6. The molecule has 0 saturated carbocycles. The van der Waals surface area contributed by atoms with Crippen molar-refractivity contribution in [2.75, 3.05) is 5.32 Å². The Morgan fingerprint density at radius 1 is 1.24 bits per heavy atom. The predicted molar refractivity (Wildman–Crippen MR) is 96.4 cm³/mol. The second kappa shape index (κ2) is 8.62. The Morgan fingerprint density at radius 3 is 2.84 bits per heavy atom. The summed E-state index contributed by atoms with van der Waals surface area (Å²) in [5.41, 5.74) is 1.53. The molecule has 5 nitrogen and oxygen atoms in total. The van der Waals surface area contributed by atoms with E-state index in [2.05, 4.69) is 17.2 Å². The van der Waals surface area contributed by atoms with Gasteiger partial charge < -0.3 is 14.8 Å². The number of pyridine rings is 1. The number of nitrogens with one attached hydrogen (secondary N) is 1. The fourth-order valence-corrected chi connectivity index (χ4v) is 2.93. The number of ether oxygens (including phenoxy) is 2. The van der Waals surface area contributed by atoms with Crippen LogP contribution < -0.4 is 10.1 Å². The highest BCUT2D eigenvalue weighted by Crippen LogP contribution is 2.26. The van der Waals surface area contributed by atoms with Crippen molar-refractivity contribution in [3.63, 3.8) is 0 Å². The Bertz CT molecular complexity index is 690. The first-order valence-corrected chi connectivity index (χ1v) is 8.78. The maximum atomic E-state index is 12.2. The first kappa shape index (κ1) is 17.4. The smallest absolute Gasteiger partial charge is 0.224 e. The number of rotatable bonds is 7. The predicted octanol–water partition coefficient (Wildman–Crippen LogP) is 3.95. The van der Waals surface area contributed by atoms with Crippen molar-refractivity contribution in [1.82, 2.24) is 4.98 Å². The summed E-state index contributed by atoms with van der Waals surface area (Å²) >= 11 is 0. The number of amides is 1. The number of hydrogen-bond donors (Lipinski definition) is 1. The van der Waals surface area contributed by atoms with Crippen molar-refractivity contribution in [1.29, 1.82) is 0 Å². The van der Waals surface area contributed by atoms with Crippen LogP contribution >= 0.6 is 0 Å². The van der Waals surface area contributed by atoms with E-state index in [1.165, 1.54) is 0 Å². The van der Waals surface area contributed by atoms with Crippen LogP contribution in [0, 0.1) is 0 Å². The molecule has 1 fully saturated rings. The number of aromatic nitrogens is 1. The third-order valence-corrected chi connectivity index (χ3v) is 4.28. The Morgan fingerprint density at radius 2 is 2.08 bits per heavy atom. The van der Waals surface area contributed by atoms with Gasteiger partial charge in [0, 0.05) is 12.6 Å². The zero-order valence-electron chi connectivity index (χ0n) is 14.5. The number of carbonyl (C=O) groups excluding carboxylic acids is 1. The highest BCUT2D eigenvalue weighted by molar-refractivity contribution is 5.92. The number of hydrogen-bond acceptors (Lipinski definition) is 4. The lowest BCUT2D eigenvalue weighted by molar-refractivity contribution is -0.116. The fraction of sp³-hybridized carbons (Fsp3) is 0.400. The number of anilines is 1. The van der Waals surface area contributed by atoms with E-state index in [1.54, 1.807) is 6.20 Å². The van der Waals surface area contributed by atoms with Gasteiger partial charge in [0.1, 0.15) is 12.4 Å².